The number of benzene rings is 2. The van der Waals surface area contributed by atoms with Gasteiger partial charge in [0.25, 0.3) is 5.91 Å². The third-order valence-electron chi connectivity index (χ3n) is 4.64. The number of hydrogen-bond acceptors (Lipinski definition) is 3. The maximum Gasteiger partial charge on any atom is 0.254 e. The molecule has 1 amide bonds. The van der Waals surface area contributed by atoms with Crippen molar-refractivity contribution in [3.05, 3.63) is 65.7 Å². The van der Waals surface area contributed by atoms with Crippen LogP contribution < -0.4 is 5.32 Å². The second-order valence-corrected chi connectivity index (χ2v) is 7.33. The molecule has 1 aliphatic rings. The standard InChI is InChI=1S/C20H24N2OS.ClH/c1-15-16(2)22(13-12-21-15)20(23)18-10-8-17(9-11-18)14-24-19-6-4-3-5-7-19;/h3-11,15-16,21H,12-14H2,1-2H3;1H. The lowest BCUT2D eigenvalue weighted by molar-refractivity contribution is 0.0603. The van der Waals surface area contributed by atoms with E-state index in [9.17, 15) is 4.79 Å². The highest BCUT2D eigenvalue weighted by Crippen LogP contribution is 2.23. The maximum atomic E-state index is 12.7. The van der Waals surface area contributed by atoms with Gasteiger partial charge in [0.05, 0.1) is 0 Å². The average molecular weight is 377 g/mol. The minimum absolute atomic E-state index is 0. The summed E-state index contributed by atoms with van der Waals surface area (Å²) in [5.41, 5.74) is 2.02. The molecule has 0 radical (unpaired) electrons. The van der Waals surface area contributed by atoms with E-state index in [1.165, 1.54) is 10.5 Å². The number of carbonyl (C=O) groups excluding carboxylic acids is 1. The Balaban J connectivity index is 0.00000225. The lowest BCUT2D eigenvalue weighted by Gasteiger charge is -2.38. The van der Waals surface area contributed by atoms with Crippen molar-refractivity contribution in [2.24, 2.45) is 0 Å². The number of thioether (sulfide) groups is 1. The average Bonchev–Trinajstić information content (AvgIpc) is 2.63. The van der Waals surface area contributed by atoms with Gasteiger partial charge < -0.3 is 10.2 Å². The van der Waals surface area contributed by atoms with Crippen LogP contribution in [0.3, 0.4) is 0 Å². The predicted octanol–water partition coefficient (Wildman–Crippen LogP) is 4.22. The van der Waals surface area contributed by atoms with E-state index in [1.807, 2.05) is 34.9 Å². The number of amides is 1. The number of piperazine rings is 1. The Bertz CT molecular complexity index is 678. The molecule has 2 aromatic carbocycles. The van der Waals surface area contributed by atoms with Crippen LogP contribution in [0.5, 0.6) is 0 Å². The molecule has 1 aliphatic heterocycles. The Kier molecular flexibility index (Phi) is 7.36. The summed E-state index contributed by atoms with van der Waals surface area (Å²) in [6.45, 7) is 5.88. The van der Waals surface area contributed by atoms with E-state index in [0.717, 1.165) is 24.4 Å². The highest BCUT2D eigenvalue weighted by Gasteiger charge is 2.28. The fourth-order valence-electron chi connectivity index (χ4n) is 2.94. The fourth-order valence-corrected chi connectivity index (χ4v) is 3.81. The van der Waals surface area contributed by atoms with E-state index in [4.69, 9.17) is 0 Å². The summed E-state index contributed by atoms with van der Waals surface area (Å²) < 4.78 is 0. The van der Waals surface area contributed by atoms with Crippen molar-refractivity contribution in [2.75, 3.05) is 13.1 Å². The van der Waals surface area contributed by atoms with Crippen LogP contribution in [-0.4, -0.2) is 36.0 Å². The first-order valence-electron chi connectivity index (χ1n) is 8.46. The minimum Gasteiger partial charge on any atom is -0.333 e. The van der Waals surface area contributed by atoms with Crippen LogP contribution in [0.2, 0.25) is 0 Å². The normalized spacial score (nSPS) is 20.0. The van der Waals surface area contributed by atoms with Gasteiger partial charge in [0.1, 0.15) is 0 Å². The summed E-state index contributed by atoms with van der Waals surface area (Å²) in [7, 11) is 0. The molecule has 3 rings (SSSR count). The predicted molar refractivity (Wildman–Crippen MR) is 108 cm³/mol. The third kappa shape index (κ3) is 5.00. The number of halogens is 1. The van der Waals surface area contributed by atoms with Crippen molar-refractivity contribution < 1.29 is 4.79 Å². The minimum atomic E-state index is 0. The van der Waals surface area contributed by atoms with E-state index in [1.54, 1.807) is 0 Å². The first-order valence-corrected chi connectivity index (χ1v) is 9.45. The topological polar surface area (TPSA) is 32.3 Å². The van der Waals surface area contributed by atoms with E-state index in [-0.39, 0.29) is 24.4 Å². The summed E-state index contributed by atoms with van der Waals surface area (Å²) in [4.78, 5) is 16.0. The molecule has 3 nitrogen and oxygen atoms in total. The fraction of sp³-hybridized carbons (Fsp3) is 0.350. The summed E-state index contributed by atoms with van der Waals surface area (Å²) in [6.07, 6.45) is 0. The van der Waals surface area contributed by atoms with Gasteiger partial charge in [-0.15, -0.1) is 24.2 Å². The van der Waals surface area contributed by atoms with Gasteiger partial charge in [0.2, 0.25) is 0 Å². The number of nitrogens with one attached hydrogen (secondary N) is 1. The molecular formula is C20H25ClN2OS. The van der Waals surface area contributed by atoms with Crippen LogP contribution in [0, 0.1) is 0 Å². The van der Waals surface area contributed by atoms with Gasteiger partial charge in [-0.2, -0.15) is 0 Å². The summed E-state index contributed by atoms with van der Waals surface area (Å²) in [5, 5.41) is 3.41. The Morgan fingerprint density at radius 2 is 1.80 bits per heavy atom. The Hall–Kier alpha value is -1.49. The Morgan fingerprint density at radius 1 is 1.12 bits per heavy atom. The van der Waals surface area contributed by atoms with Crippen molar-refractivity contribution in [2.45, 2.75) is 36.6 Å². The molecule has 1 heterocycles. The number of hydrogen-bond donors (Lipinski definition) is 1. The first-order chi connectivity index (χ1) is 11.6. The lowest BCUT2D eigenvalue weighted by atomic mass is 10.0. The van der Waals surface area contributed by atoms with Crippen LogP contribution >= 0.6 is 24.2 Å². The van der Waals surface area contributed by atoms with Crippen molar-refractivity contribution >= 4 is 30.1 Å². The molecule has 0 bridgehead atoms. The van der Waals surface area contributed by atoms with E-state index >= 15 is 0 Å². The van der Waals surface area contributed by atoms with E-state index < -0.39 is 0 Å². The molecule has 0 aromatic heterocycles. The number of carbonyl (C=O) groups is 1. The molecule has 1 fully saturated rings. The lowest BCUT2D eigenvalue weighted by Crippen LogP contribution is -2.57. The second-order valence-electron chi connectivity index (χ2n) is 6.28. The van der Waals surface area contributed by atoms with Crippen LogP contribution in [0.15, 0.2) is 59.5 Å². The van der Waals surface area contributed by atoms with Crippen LogP contribution in [-0.2, 0) is 5.75 Å². The van der Waals surface area contributed by atoms with Gasteiger partial charge >= 0.3 is 0 Å². The summed E-state index contributed by atoms with van der Waals surface area (Å²) >= 11 is 1.81. The summed E-state index contributed by atoms with van der Waals surface area (Å²) in [5.74, 6) is 1.05. The molecule has 2 aromatic rings. The largest absolute Gasteiger partial charge is 0.333 e. The van der Waals surface area contributed by atoms with Crippen LogP contribution in [0.4, 0.5) is 0 Å². The second kappa shape index (κ2) is 9.27. The Labute approximate surface area is 160 Å². The SMILES string of the molecule is CC1NCCN(C(=O)c2ccc(CSc3ccccc3)cc2)C1C.Cl. The molecule has 25 heavy (non-hydrogen) atoms. The van der Waals surface area contributed by atoms with Gasteiger partial charge in [0, 0.05) is 41.4 Å². The molecule has 0 aliphatic carbocycles. The molecule has 0 saturated carbocycles. The number of rotatable bonds is 4. The van der Waals surface area contributed by atoms with Gasteiger partial charge in [-0.25, -0.2) is 0 Å². The summed E-state index contributed by atoms with van der Waals surface area (Å²) in [6, 6.07) is 19.0. The maximum absolute atomic E-state index is 12.7. The third-order valence-corrected chi connectivity index (χ3v) is 5.73. The highest BCUT2D eigenvalue weighted by molar-refractivity contribution is 7.98. The smallest absolute Gasteiger partial charge is 0.254 e. The molecular weight excluding hydrogens is 352 g/mol. The zero-order valence-corrected chi connectivity index (χ0v) is 16.3. The quantitative estimate of drug-likeness (QED) is 0.810. The van der Waals surface area contributed by atoms with Crippen molar-refractivity contribution in [3.8, 4) is 0 Å². The van der Waals surface area contributed by atoms with Crippen molar-refractivity contribution in [3.63, 3.8) is 0 Å². The first kappa shape index (κ1) is 19.8. The zero-order chi connectivity index (χ0) is 16.9. The highest BCUT2D eigenvalue weighted by atomic mass is 35.5. The molecule has 2 unspecified atom stereocenters. The molecule has 1 saturated heterocycles. The number of nitrogens with zero attached hydrogens (tertiary/aromatic N) is 1. The van der Waals surface area contributed by atoms with Crippen LogP contribution in [0.25, 0.3) is 0 Å². The molecule has 2 atom stereocenters. The van der Waals surface area contributed by atoms with Crippen LogP contribution in [0.1, 0.15) is 29.8 Å². The van der Waals surface area contributed by atoms with Gasteiger partial charge in [-0.05, 0) is 43.7 Å². The Morgan fingerprint density at radius 3 is 2.48 bits per heavy atom. The van der Waals surface area contributed by atoms with E-state index in [0.29, 0.717) is 6.04 Å². The molecule has 0 spiro atoms. The van der Waals surface area contributed by atoms with Gasteiger partial charge in [0.15, 0.2) is 0 Å². The molecule has 134 valence electrons. The monoisotopic (exact) mass is 376 g/mol. The van der Waals surface area contributed by atoms with Crippen molar-refractivity contribution in [1.82, 2.24) is 10.2 Å². The van der Waals surface area contributed by atoms with Crippen molar-refractivity contribution in [1.29, 1.82) is 0 Å². The van der Waals surface area contributed by atoms with Gasteiger partial charge in [-0.1, -0.05) is 30.3 Å². The van der Waals surface area contributed by atoms with E-state index in [2.05, 4.69) is 55.6 Å². The molecule has 5 heteroatoms. The van der Waals surface area contributed by atoms with Gasteiger partial charge in [-0.3, -0.25) is 4.79 Å². The zero-order valence-electron chi connectivity index (χ0n) is 14.6. The molecule has 1 N–H and O–H groups in total.